The predicted molar refractivity (Wildman–Crippen MR) is 68.4 cm³/mol. The third kappa shape index (κ3) is 3.25. The van der Waals surface area contributed by atoms with Crippen LogP contribution >= 0.6 is 0 Å². The molecule has 0 unspecified atom stereocenters. The van der Waals surface area contributed by atoms with E-state index >= 15 is 0 Å². The first-order chi connectivity index (χ1) is 8.89. The van der Waals surface area contributed by atoms with Gasteiger partial charge in [-0.3, -0.25) is 4.68 Å². The van der Waals surface area contributed by atoms with Crippen molar-refractivity contribution in [2.45, 2.75) is 38.8 Å². The van der Waals surface area contributed by atoms with Gasteiger partial charge in [-0.25, -0.2) is 4.79 Å². The minimum atomic E-state index is -0.477. The van der Waals surface area contributed by atoms with E-state index in [1.165, 1.54) is 6.20 Å². The van der Waals surface area contributed by atoms with Crippen LogP contribution in [0.3, 0.4) is 0 Å². The highest BCUT2D eigenvalue weighted by Crippen LogP contribution is 2.23. The van der Waals surface area contributed by atoms with Gasteiger partial charge in [0.15, 0.2) is 0 Å². The molecule has 1 aromatic heterocycles. The van der Waals surface area contributed by atoms with Crippen molar-refractivity contribution in [1.82, 2.24) is 14.7 Å². The Hall–Kier alpha value is -2.03. The molecule has 1 amide bonds. The van der Waals surface area contributed by atoms with E-state index in [-0.39, 0.29) is 12.1 Å². The fourth-order valence-electron chi connectivity index (χ4n) is 2.05. The maximum Gasteiger partial charge on any atom is 0.410 e. The van der Waals surface area contributed by atoms with E-state index in [0.717, 1.165) is 6.42 Å². The molecule has 1 atom stereocenters. The Bertz CT molecular complexity index is 509. The van der Waals surface area contributed by atoms with E-state index in [9.17, 15) is 4.79 Å². The van der Waals surface area contributed by atoms with Crippen LogP contribution in [0.15, 0.2) is 12.4 Å². The number of rotatable bonds is 1. The maximum atomic E-state index is 11.9. The van der Waals surface area contributed by atoms with Crippen molar-refractivity contribution in [3.63, 3.8) is 0 Å². The molecule has 0 radical (unpaired) electrons. The topological polar surface area (TPSA) is 71.2 Å². The van der Waals surface area contributed by atoms with Gasteiger partial charge in [-0.1, -0.05) is 0 Å². The van der Waals surface area contributed by atoms with Gasteiger partial charge in [0.1, 0.15) is 11.7 Å². The van der Waals surface area contributed by atoms with E-state index < -0.39 is 5.60 Å². The van der Waals surface area contributed by atoms with E-state index in [4.69, 9.17) is 10.00 Å². The highest BCUT2D eigenvalue weighted by Gasteiger charge is 2.30. The van der Waals surface area contributed by atoms with Crippen LogP contribution in [0.1, 0.15) is 38.8 Å². The summed E-state index contributed by atoms with van der Waals surface area (Å²) < 4.78 is 7.09. The van der Waals surface area contributed by atoms with Gasteiger partial charge in [0.05, 0.1) is 17.8 Å². The lowest BCUT2D eigenvalue weighted by atomic mass is 10.2. The molecule has 1 aromatic rings. The summed E-state index contributed by atoms with van der Waals surface area (Å²) in [6.45, 7) is 6.78. The smallest absolute Gasteiger partial charge is 0.410 e. The minimum absolute atomic E-state index is 0.120. The summed E-state index contributed by atoms with van der Waals surface area (Å²) in [5.74, 6) is 0. The molecule has 0 aliphatic carbocycles. The second-order valence-corrected chi connectivity index (χ2v) is 5.69. The summed E-state index contributed by atoms with van der Waals surface area (Å²) >= 11 is 0. The van der Waals surface area contributed by atoms with Crippen LogP contribution in [-0.2, 0) is 4.74 Å². The van der Waals surface area contributed by atoms with Crippen molar-refractivity contribution in [2.75, 3.05) is 13.1 Å². The van der Waals surface area contributed by atoms with Gasteiger partial charge in [-0.15, -0.1) is 0 Å². The summed E-state index contributed by atoms with van der Waals surface area (Å²) in [4.78, 5) is 13.6. The fourth-order valence-corrected chi connectivity index (χ4v) is 2.05. The molecule has 6 heteroatoms. The zero-order valence-electron chi connectivity index (χ0n) is 11.5. The van der Waals surface area contributed by atoms with E-state index in [0.29, 0.717) is 18.7 Å². The first-order valence-electron chi connectivity index (χ1n) is 6.31. The number of nitriles is 1. The summed E-state index contributed by atoms with van der Waals surface area (Å²) in [6, 6.07) is 2.17. The molecule has 1 fully saturated rings. The van der Waals surface area contributed by atoms with Crippen molar-refractivity contribution < 1.29 is 9.53 Å². The number of aromatic nitrogens is 2. The van der Waals surface area contributed by atoms with Crippen molar-refractivity contribution in [3.05, 3.63) is 18.0 Å². The SMILES string of the molecule is CC(C)(C)OC(=O)N1CC[C@H](n2cc(C#N)cn2)C1. The van der Waals surface area contributed by atoms with Crippen LogP contribution in [0.4, 0.5) is 4.79 Å². The first-order valence-corrected chi connectivity index (χ1v) is 6.31. The molecule has 0 saturated carbocycles. The van der Waals surface area contributed by atoms with Gasteiger partial charge in [-0.2, -0.15) is 10.4 Å². The predicted octanol–water partition coefficient (Wildman–Crippen LogP) is 1.94. The van der Waals surface area contributed by atoms with Gasteiger partial charge in [0.25, 0.3) is 0 Å². The van der Waals surface area contributed by atoms with Crippen LogP contribution in [0.5, 0.6) is 0 Å². The Morgan fingerprint density at radius 2 is 2.32 bits per heavy atom. The third-order valence-electron chi connectivity index (χ3n) is 2.92. The molecule has 1 aliphatic heterocycles. The summed E-state index contributed by atoms with van der Waals surface area (Å²) in [6.07, 6.45) is 3.79. The Morgan fingerprint density at radius 3 is 2.89 bits per heavy atom. The van der Waals surface area contributed by atoms with Crippen LogP contribution < -0.4 is 0 Å². The van der Waals surface area contributed by atoms with Crippen molar-refractivity contribution in [2.24, 2.45) is 0 Å². The monoisotopic (exact) mass is 262 g/mol. The number of likely N-dealkylation sites (tertiary alicyclic amines) is 1. The Morgan fingerprint density at radius 1 is 1.58 bits per heavy atom. The van der Waals surface area contributed by atoms with Gasteiger partial charge < -0.3 is 9.64 Å². The number of carbonyl (C=O) groups is 1. The summed E-state index contributed by atoms with van der Waals surface area (Å²) in [5.41, 5.74) is 0.0604. The van der Waals surface area contributed by atoms with Gasteiger partial charge in [-0.05, 0) is 27.2 Å². The molecule has 6 nitrogen and oxygen atoms in total. The van der Waals surface area contributed by atoms with Crippen LogP contribution in [0, 0.1) is 11.3 Å². The number of nitrogens with zero attached hydrogens (tertiary/aromatic N) is 4. The van der Waals surface area contributed by atoms with Gasteiger partial charge >= 0.3 is 6.09 Å². The molecule has 102 valence electrons. The Balaban J connectivity index is 1.96. The molecule has 2 heterocycles. The molecule has 1 saturated heterocycles. The average Bonchev–Trinajstić information content (AvgIpc) is 2.95. The van der Waals surface area contributed by atoms with Gasteiger partial charge in [0, 0.05) is 19.3 Å². The lowest BCUT2D eigenvalue weighted by Crippen LogP contribution is -2.35. The van der Waals surface area contributed by atoms with Crippen LogP contribution in [0.2, 0.25) is 0 Å². The van der Waals surface area contributed by atoms with Crippen LogP contribution in [0.25, 0.3) is 0 Å². The standard InChI is InChI=1S/C13H18N4O2/c1-13(2,3)19-12(18)16-5-4-11(9-16)17-8-10(6-14)7-15-17/h7-8,11H,4-5,9H2,1-3H3/t11-/m0/s1. The lowest BCUT2D eigenvalue weighted by Gasteiger charge is -2.24. The normalized spacial score (nSPS) is 19.3. The average molecular weight is 262 g/mol. The molecule has 0 bridgehead atoms. The minimum Gasteiger partial charge on any atom is -0.444 e. The lowest BCUT2D eigenvalue weighted by molar-refractivity contribution is 0.0288. The highest BCUT2D eigenvalue weighted by molar-refractivity contribution is 5.68. The second-order valence-electron chi connectivity index (χ2n) is 5.69. The number of amides is 1. The molecule has 2 rings (SSSR count). The summed E-state index contributed by atoms with van der Waals surface area (Å²) in [5, 5.41) is 12.9. The first kappa shape index (κ1) is 13.4. The molecule has 19 heavy (non-hydrogen) atoms. The second kappa shape index (κ2) is 4.92. The van der Waals surface area contributed by atoms with Crippen molar-refractivity contribution in [1.29, 1.82) is 5.26 Å². The molecule has 0 spiro atoms. The largest absolute Gasteiger partial charge is 0.444 e. The van der Waals surface area contributed by atoms with E-state index in [2.05, 4.69) is 5.10 Å². The zero-order chi connectivity index (χ0) is 14.0. The molecule has 1 aliphatic rings. The van der Waals surface area contributed by atoms with Crippen LogP contribution in [-0.4, -0.2) is 39.5 Å². The zero-order valence-corrected chi connectivity index (χ0v) is 11.5. The molecule has 0 N–H and O–H groups in total. The molecule has 0 aromatic carbocycles. The number of hydrogen-bond donors (Lipinski definition) is 0. The highest BCUT2D eigenvalue weighted by atomic mass is 16.6. The molecular formula is C13H18N4O2. The third-order valence-corrected chi connectivity index (χ3v) is 2.92. The number of carbonyl (C=O) groups excluding carboxylic acids is 1. The fraction of sp³-hybridized carbons (Fsp3) is 0.615. The Labute approximate surface area is 112 Å². The Kier molecular flexibility index (Phi) is 3.47. The number of ether oxygens (including phenoxy) is 1. The van der Waals surface area contributed by atoms with Crippen molar-refractivity contribution >= 4 is 6.09 Å². The summed E-state index contributed by atoms with van der Waals surface area (Å²) in [7, 11) is 0. The maximum absolute atomic E-state index is 11.9. The molecular weight excluding hydrogens is 244 g/mol. The van der Waals surface area contributed by atoms with Gasteiger partial charge in [0.2, 0.25) is 0 Å². The van der Waals surface area contributed by atoms with E-state index in [1.54, 1.807) is 15.8 Å². The number of hydrogen-bond acceptors (Lipinski definition) is 4. The van der Waals surface area contributed by atoms with Crippen molar-refractivity contribution in [3.8, 4) is 6.07 Å². The van der Waals surface area contributed by atoms with E-state index in [1.807, 2.05) is 26.8 Å². The quantitative estimate of drug-likeness (QED) is 0.775.